The Morgan fingerprint density at radius 2 is 1.74 bits per heavy atom. The number of para-hydroxylation sites is 3. The lowest BCUT2D eigenvalue weighted by atomic mass is 10.2. The average molecular weight is 364 g/mol. The largest absolute Gasteiger partial charge is 0.455 e. The Morgan fingerprint density at radius 3 is 2.56 bits per heavy atom. The van der Waals surface area contributed by atoms with Crippen LogP contribution >= 0.6 is 0 Å². The van der Waals surface area contributed by atoms with Crippen molar-refractivity contribution in [3.8, 4) is 11.5 Å². The van der Waals surface area contributed by atoms with Crippen molar-refractivity contribution in [1.29, 1.82) is 0 Å². The van der Waals surface area contributed by atoms with Gasteiger partial charge in [-0.1, -0.05) is 30.3 Å². The van der Waals surface area contributed by atoms with Gasteiger partial charge in [0.2, 0.25) is 5.95 Å². The minimum atomic E-state index is 0.593. The summed E-state index contributed by atoms with van der Waals surface area (Å²) in [7, 11) is 1.69. The zero-order valence-corrected chi connectivity index (χ0v) is 15.6. The van der Waals surface area contributed by atoms with E-state index in [1.54, 1.807) is 7.11 Å². The molecule has 0 aliphatic carbocycles. The summed E-state index contributed by atoms with van der Waals surface area (Å²) in [6, 6.07) is 19.4. The number of methoxy groups -OCH3 is 1. The highest BCUT2D eigenvalue weighted by molar-refractivity contribution is 5.65. The lowest BCUT2D eigenvalue weighted by Gasteiger charge is -2.14. The highest BCUT2D eigenvalue weighted by atomic mass is 16.5. The molecule has 2 N–H and O–H groups in total. The number of nitrogens with one attached hydrogen (secondary N) is 2. The summed E-state index contributed by atoms with van der Waals surface area (Å²) in [6.07, 6.45) is 0.893. The van der Waals surface area contributed by atoms with E-state index in [4.69, 9.17) is 9.47 Å². The SMILES string of the molecule is COCCCNc1nc(C)cc(Nc2ccccc2Oc2ccccc2)n1. The molecule has 0 radical (unpaired) electrons. The molecule has 0 unspecified atom stereocenters. The van der Waals surface area contributed by atoms with Gasteiger partial charge in [0, 0.05) is 32.0 Å². The summed E-state index contributed by atoms with van der Waals surface area (Å²) in [5.41, 5.74) is 1.72. The fourth-order valence-electron chi connectivity index (χ4n) is 2.54. The number of nitrogens with zero attached hydrogens (tertiary/aromatic N) is 2. The van der Waals surface area contributed by atoms with Crippen molar-refractivity contribution in [2.75, 3.05) is 30.9 Å². The number of hydrogen-bond donors (Lipinski definition) is 2. The molecule has 3 rings (SSSR count). The first-order chi connectivity index (χ1) is 13.2. The highest BCUT2D eigenvalue weighted by Crippen LogP contribution is 2.31. The maximum Gasteiger partial charge on any atom is 0.224 e. The van der Waals surface area contributed by atoms with Gasteiger partial charge in [-0.25, -0.2) is 4.98 Å². The van der Waals surface area contributed by atoms with Crippen LogP contribution in [0.4, 0.5) is 17.5 Å². The normalized spacial score (nSPS) is 10.4. The quantitative estimate of drug-likeness (QED) is 0.533. The molecule has 0 atom stereocenters. The fourth-order valence-corrected chi connectivity index (χ4v) is 2.54. The molecular weight excluding hydrogens is 340 g/mol. The van der Waals surface area contributed by atoms with E-state index in [-0.39, 0.29) is 0 Å². The van der Waals surface area contributed by atoms with Crippen molar-refractivity contribution in [2.24, 2.45) is 0 Å². The molecule has 0 bridgehead atoms. The van der Waals surface area contributed by atoms with Gasteiger partial charge in [-0.2, -0.15) is 4.98 Å². The molecule has 6 nitrogen and oxygen atoms in total. The van der Waals surface area contributed by atoms with Crippen LogP contribution in [0.2, 0.25) is 0 Å². The second kappa shape index (κ2) is 9.54. The second-order valence-electron chi connectivity index (χ2n) is 6.03. The summed E-state index contributed by atoms with van der Waals surface area (Å²) >= 11 is 0. The first-order valence-electron chi connectivity index (χ1n) is 8.92. The molecule has 0 aliphatic heterocycles. The number of hydrogen-bond acceptors (Lipinski definition) is 6. The van der Waals surface area contributed by atoms with Crippen LogP contribution in [-0.2, 0) is 4.74 Å². The molecule has 0 fully saturated rings. The first-order valence-corrected chi connectivity index (χ1v) is 8.92. The van der Waals surface area contributed by atoms with Crippen molar-refractivity contribution in [1.82, 2.24) is 9.97 Å². The molecule has 3 aromatic rings. The zero-order valence-electron chi connectivity index (χ0n) is 15.6. The average Bonchev–Trinajstić information content (AvgIpc) is 2.67. The lowest BCUT2D eigenvalue weighted by Crippen LogP contribution is -2.09. The molecule has 1 aromatic heterocycles. The van der Waals surface area contributed by atoms with Crippen molar-refractivity contribution >= 4 is 17.5 Å². The van der Waals surface area contributed by atoms with E-state index in [1.807, 2.05) is 67.6 Å². The Bertz CT molecular complexity index is 856. The molecule has 0 aliphatic rings. The van der Waals surface area contributed by atoms with E-state index in [0.29, 0.717) is 18.4 Å². The maximum atomic E-state index is 6.00. The van der Waals surface area contributed by atoms with E-state index in [1.165, 1.54) is 0 Å². The molecule has 27 heavy (non-hydrogen) atoms. The Morgan fingerprint density at radius 1 is 0.963 bits per heavy atom. The van der Waals surface area contributed by atoms with Gasteiger partial charge in [-0.15, -0.1) is 0 Å². The van der Waals surface area contributed by atoms with Crippen LogP contribution in [0.15, 0.2) is 60.7 Å². The van der Waals surface area contributed by atoms with Crippen LogP contribution in [0.3, 0.4) is 0 Å². The molecule has 140 valence electrons. The van der Waals surface area contributed by atoms with Crippen LogP contribution in [0.25, 0.3) is 0 Å². The highest BCUT2D eigenvalue weighted by Gasteiger charge is 2.07. The maximum absolute atomic E-state index is 6.00. The molecular formula is C21H24N4O2. The topological polar surface area (TPSA) is 68.3 Å². The molecule has 6 heteroatoms. The summed E-state index contributed by atoms with van der Waals surface area (Å²) in [4.78, 5) is 8.97. The minimum absolute atomic E-state index is 0.593. The third-order valence-corrected chi connectivity index (χ3v) is 3.78. The molecule has 0 saturated heterocycles. The van der Waals surface area contributed by atoms with Gasteiger partial charge in [0.05, 0.1) is 5.69 Å². The Labute approximate surface area is 159 Å². The third-order valence-electron chi connectivity index (χ3n) is 3.78. The third kappa shape index (κ3) is 5.69. The van der Waals surface area contributed by atoms with E-state index >= 15 is 0 Å². The summed E-state index contributed by atoms with van der Waals surface area (Å²) < 4.78 is 11.1. The number of aryl methyl sites for hydroxylation is 1. The Balaban J connectivity index is 1.74. The summed E-state index contributed by atoms with van der Waals surface area (Å²) in [6.45, 7) is 3.40. The Kier molecular flexibility index (Phi) is 6.60. The van der Waals surface area contributed by atoms with E-state index < -0.39 is 0 Å². The number of ether oxygens (including phenoxy) is 2. The first kappa shape index (κ1) is 18.7. The van der Waals surface area contributed by atoms with Crippen LogP contribution < -0.4 is 15.4 Å². The predicted octanol–water partition coefficient (Wildman–Crippen LogP) is 4.77. The van der Waals surface area contributed by atoms with Crippen molar-refractivity contribution in [2.45, 2.75) is 13.3 Å². The van der Waals surface area contributed by atoms with Gasteiger partial charge in [0.25, 0.3) is 0 Å². The molecule has 2 aromatic carbocycles. The van der Waals surface area contributed by atoms with Gasteiger partial charge in [0.1, 0.15) is 11.6 Å². The van der Waals surface area contributed by atoms with Gasteiger partial charge in [-0.3, -0.25) is 0 Å². The number of rotatable bonds is 9. The van der Waals surface area contributed by atoms with Gasteiger partial charge in [0.15, 0.2) is 5.75 Å². The monoisotopic (exact) mass is 364 g/mol. The summed E-state index contributed by atoms with van der Waals surface area (Å²) in [5.74, 6) is 2.82. The fraction of sp³-hybridized carbons (Fsp3) is 0.238. The molecule has 0 saturated carbocycles. The van der Waals surface area contributed by atoms with Crippen LogP contribution in [0, 0.1) is 6.92 Å². The van der Waals surface area contributed by atoms with Crippen molar-refractivity contribution in [3.05, 3.63) is 66.4 Å². The van der Waals surface area contributed by atoms with Gasteiger partial charge >= 0.3 is 0 Å². The van der Waals surface area contributed by atoms with Crippen molar-refractivity contribution in [3.63, 3.8) is 0 Å². The Hall–Kier alpha value is -3.12. The van der Waals surface area contributed by atoms with E-state index in [2.05, 4.69) is 20.6 Å². The van der Waals surface area contributed by atoms with Gasteiger partial charge in [-0.05, 0) is 37.6 Å². The smallest absolute Gasteiger partial charge is 0.224 e. The van der Waals surface area contributed by atoms with Gasteiger partial charge < -0.3 is 20.1 Å². The van der Waals surface area contributed by atoms with E-state index in [0.717, 1.165) is 35.8 Å². The standard InChI is InChI=1S/C21H24N4O2/c1-16-15-20(25-21(23-16)22-13-8-14-26-2)24-18-11-6-7-12-19(18)27-17-9-4-3-5-10-17/h3-7,9-12,15H,8,13-14H2,1-2H3,(H2,22,23,24,25). The minimum Gasteiger partial charge on any atom is -0.455 e. The number of anilines is 3. The number of aromatic nitrogens is 2. The van der Waals surface area contributed by atoms with Crippen LogP contribution in [0.5, 0.6) is 11.5 Å². The van der Waals surface area contributed by atoms with Crippen LogP contribution in [0.1, 0.15) is 12.1 Å². The molecule has 1 heterocycles. The van der Waals surface area contributed by atoms with Crippen molar-refractivity contribution < 1.29 is 9.47 Å². The second-order valence-corrected chi connectivity index (χ2v) is 6.03. The zero-order chi connectivity index (χ0) is 18.9. The molecule has 0 spiro atoms. The lowest BCUT2D eigenvalue weighted by molar-refractivity contribution is 0.197. The summed E-state index contributed by atoms with van der Waals surface area (Å²) in [5, 5.41) is 6.56. The van der Waals surface area contributed by atoms with Crippen LogP contribution in [-0.4, -0.2) is 30.2 Å². The number of benzene rings is 2. The molecule has 0 amide bonds. The van der Waals surface area contributed by atoms with E-state index in [9.17, 15) is 0 Å². The predicted molar refractivity (Wildman–Crippen MR) is 108 cm³/mol.